The van der Waals surface area contributed by atoms with E-state index in [9.17, 15) is 9.59 Å². The molecule has 170 valence electrons. The highest BCUT2D eigenvalue weighted by molar-refractivity contribution is 7.80. The zero-order valence-corrected chi connectivity index (χ0v) is 19.1. The molecule has 2 aromatic carbocycles. The van der Waals surface area contributed by atoms with Crippen LogP contribution in [0.1, 0.15) is 20.7 Å². The number of rotatable bonds is 11. The summed E-state index contributed by atoms with van der Waals surface area (Å²) in [5, 5.41) is 11.5. The lowest BCUT2D eigenvalue weighted by Gasteiger charge is -2.11. The third-order valence-electron chi connectivity index (χ3n) is 3.96. The van der Waals surface area contributed by atoms with Crippen LogP contribution in [-0.4, -0.2) is 61.6 Å². The van der Waals surface area contributed by atoms with Crippen LogP contribution in [0.5, 0.6) is 0 Å². The average molecular weight is 475 g/mol. The number of thiocarbonyl (C=S) groups is 2. The van der Waals surface area contributed by atoms with Crippen LogP contribution in [0.2, 0.25) is 0 Å². The lowest BCUT2D eigenvalue weighted by molar-refractivity contribution is 0.0519. The van der Waals surface area contributed by atoms with Crippen LogP contribution >= 0.6 is 24.4 Å². The second-order valence-electron chi connectivity index (χ2n) is 6.38. The molecule has 0 aliphatic carbocycles. The maximum Gasteiger partial charge on any atom is 0.257 e. The first kappa shape index (κ1) is 25.3. The molecular weight excluding hydrogens is 448 g/mol. The van der Waals surface area contributed by atoms with Crippen LogP contribution < -0.4 is 21.3 Å². The second kappa shape index (κ2) is 15.0. The van der Waals surface area contributed by atoms with Gasteiger partial charge in [0.15, 0.2) is 10.2 Å². The smallest absolute Gasteiger partial charge is 0.257 e. The molecule has 0 aliphatic heterocycles. The minimum Gasteiger partial charge on any atom is -0.377 e. The maximum atomic E-state index is 12.0. The van der Waals surface area contributed by atoms with Crippen molar-refractivity contribution in [3.63, 3.8) is 0 Å². The van der Waals surface area contributed by atoms with E-state index in [0.29, 0.717) is 50.6 Å². The Kier molecular flexibility index (Phi) is 11.9. The number of nitrogens with one attached hydrogen (secondary N) is 4. The van der Waals surface area contributed by atoms with E-state index in [1.165, 1.54) is 0 Å². The molecule has 0 unspecified atom stereocenters. The Morgan fingerprint density at radius 2 is 1.00 bits per heavy atom. The fraction of sp³-hybridized carbons (Fsp3) is 0.273. The topological polar surface area (TPSA) is 101 Å². The van der Waals surface area contributed by atoms with Gasteiger partial charge in [-0.3, -0.25) is 20.2 Å². The van der Waals surface area contributed by atoms with Crippen molar-refractivity contribution in [1.82, 2.24) is 21.3 Å². The maximum absolute atomic E-state index is 12.0. The van der Waals surface area contributed by atoms with Gasteiger partial charge in [0.1, 0.15) is 0 Å². The summed E-state index contributed by atoms with van der Waals surface area (Å²) in [5.41, 5.74) is 1.08. The van der Waals surface area contributed by atoms with Gasteiger partial charge in [-0.25, -0.2) is 0 Å². The van der Waals surface area contributed by atoms with Crippen molar-refractivity contribution >= 4 is 46.5 Å². The first-order chi connectivity index (χ1) is 15.6. The molecule has 0 bridgehead atoms. The van der Waals surface area contributed by atoms with Gasteiger partial charge in [0.25, 0.3) is 11.8 Å². The summed E-state index contributed by atoms with van der Waals surface area (Å²) in [6.45, 7) is 2.59. The van der Waals surface area contributed by atoms with E-state index in [1.807, 2.05) is 12.1 Å². The molecule has 10 heteroatoms. The summed E-state index contributed by atoms with van der Waals surface area (Å²) in [6, 6.07) is 17.7. The SMILES string of the molecule is O=C(NC(=S)NCCOCCOCCNC(=S)NC(=O)c1ccccc1)c1ccccc1. The third-order valence-corrected chi connectivity index (χ3v) is 4.45. The van der Waals surface area contributed by atoms with Crippen LogP contribution in [0.3, 0.4) is 0 Å². The number of carbonyl (C=O) groups is 2. The van der Waals surface area contributed by atoms with Gasteiger partial charge in [0, 0.05) is 24.2 Å². The quantitative estimate of drug-likeness (QED) is 0.288. The Morgan fingerprint density at radius 3 is 1.38 bits per heavy atom. The first-order valence-corrected chi connectivity index (χ1v) is 10.8. The number of carbonyl (C=O) groups excluding carboxylic acids is 2. The largest absolute Gasteiger partial charge is 0.377 e. The normalized spacial score (nSPS) is 10.1. The molecule has 8 nitrogen and oxygen atoms in total. The van der Waals surface area contributed by atoms with Crippen LogP contribution in [0.25, 0.3) is 0 Å². The summed E-state index contributed by atoms with van der Waals surface area (Å²) in [6.07, 6.45) is 0. The van der Waals surface area contributed by atoms with Crippen LogP contribution in [0, 0.1) is 0 Å². The Bertz CT molecular complexity index is 809. The highest BCUT2D eigenvalue weighted by Crippen LogP contribution is 1.98. The number of hydrogen-bond acceptors (Lipinski definition) is 6. The highest BCUT2D eigenvalue weighted by Gasteiger charge is 2.07. The Morgan fingerprint density at radius 1 is 0.625 bits per heavy atom. The van der Waals surface area contributed by atoms with Crippen molar-refractivity contribution in [3.8, 4) is 0 Å². The zero-order valence-electron chi connectivity index (χ0n) is 17.5. The monoisotopic (exact) mass is 474 g/mol. The predicted molar refractivity (Wildman–Crippen MR) is 131 cm³/mol. The van der Waals surface area contributed by atoms with Gasteiger partial charge in [-0.05, 0) is 48.7 Å². The number of amides is 2. The van der Waals surface area contributed by atoms with Crippen molar-refractivity contribution in [2.75, 3.05) is 39.5 Å². The number of benzene rings is 2. The lowest BCUT2D eigenvalue weighted by atomic mass is 10.2. The van der Waals surface area contributed by atoms with E-state index in [0.717, 1.165) is 0 Å². The van der Waals surface area contributed by atoms with E-state index < -0.39 is 0 Å². The highest BCUT2D eigenvalue weighted by atomic mass is 32.1. The van der Waals surface area contributed by atoms with Crippen molar-refractivity contribution in [2.45, 2.75) is 0 Å². The molecule has 2 rings (SSSR count). The van der Waals surface area contributed by atoms with Gasteiger partial charge in [0.05, 0.1) is 26.4 Å². The van der Waals surface area contributed by atoms with Gasteiger partial charge in [-0.2, -0.15) is 0 Å². The number of hydrogen-bond donors (Lipinski definition) is 4. The minimum absolute atomic E-state index is 0.250. The van der Waals surface area contributed by atoms with Gasteiger partial charge in [-0.1, -0.05) is 36.4 Å². The van der Waals surface area contributed by atoms with Gasteiger partial charge < -0.3 is 20.1 Å². The molecule has 32 heavy (non-hydrogen) atoms. The predicted octanol–water partition coefficient (Wildman–Crippen LogP) is 1.63. The molecule has 2 aromatic rings. The Labute approximate surface area is 198 Å². The molecule has 0 heterocycles. The molecule has 0 saturated carbocycles. The van der Waals surface area contributed by atoms with E-state index in [1.54, 1.807) is 48.5 Å². The molecule has 0 spiro atoms. The summed E-state index contributed by atoms with van der Waals surface area (Å²) in [4.78, 5) is 23.9. The second-order valence-corrected chi connectivity index (χ2v) is 7.19. The Hall–Kier alpha value is -2.92. The van der Waals surface area contributed by atoms with Crippen molar-refractivity contribution in [3.05, 3.63) is 71.8 Å². The summed E-state index contributed by atoms with van der Waals surface area (Å²) in [7, 11) is 0. The fourth-order valence-electron chi connectivity index (χ4n) is 2.41. The first-order valence-electron chi connectivity index (χ1n) is 10.00. The van der Waals surface area contributed by atoms with E-state index >= 15 is 0 Å². The molecule has 0 saturated heterocycles. The van der Waals surface area contributed by atoms with Gasteiger partial charge in [-0.15, -0.1) is 0 Å². The molecule has 0 fully saturated rings. The minimum atomic E-state index is -0.259. The Balaban J connectivity index is 1.41. The molecule has 0 aromatic heterocycles. The summed E-state index contributed by atoms with van der Waals surface area (Å²) >= 11 is 10.2. The molecule has 0 radical (unpaired) electrons. The molecule has 0 atom stereocenters. The molecular formula is C22H26N4O4S2. The molecule has 2 amide bonds. The van der Waals surface area contributed by atoms with E-state index in [4.69, 9.17) is 33.9 Å². The third kappa shape index (κ3) is 10.4. The van der Waals surface area contributed by atoms with Crippen molar-refractivity contribution in [1.29, 1.82) is 0 Å². The number of ether oxygens (including phenoxy) is 2. The average Bonchev–Trinajstić information content (AvgIpc) is 2.81. The fourth-order valence-corrected chi connectivity index (χ4v) is 2.80. The van der Waals surface area contributed by atoms with E-state index in [2.05, 4.69) is 21.3 Å². The zero-order chi connectivity index (χ0) is 23.0. The summed E-state index contributed by atoms with van der Waals surface area (Å²) < 4.78 is 10.9. The lowest BCUT2D eigenvalue weighted by Crippen LogP contribution is -2.40. The molecule has 0 aliphatic rings. The van der Waals surface area contributed by atoms with Crippen LogP contribution in [-0.2, 0) is 9.47 Å². The van der Waals surface area contributed by atoms with E-state index in [-0.39, 0.29) is 22.0 Å². The van der Waals surface area contributed by atoms with Crippen molar-refractivity contribution in [2.24, 2.45) is 0 Å². The van der Waals surface area contributed by atoms with Crippen molar-refractivity contribution < 1.29 is 19.1 Å². The van der Waals surface area contributed by atoms with Gasteiger partial charge in [0.2, 0.25) is 0 Å². The molecule has 4 N–H and O–H groups in total. The van der Waals surface area contributed by atoms with Crippen LogP contribution in [0.4, 0.5) is 0 Å². The van der Waals surface area contributed by atoms with Gasteiger partial charge >= 0.3 is 0 Å². The summed E-state index contributed by atoms with van der Waals surface area (Å²) in [5.74, 6) is -0.518. The van der Waals surface area contributed by atoms with Crippen LogP contribution in [0.15, 0.2) is 60.7 Å². The standard InChI is InChI=1S/C22H26N4O4S2/c27-19(17-7-3-1-4-8-17)25-21(31)23-11-13-29-15-16-30-14-12-24-22(32)26-20(28)18-9-5-2-6-10-18/h1-10H,11-16H2,(H2,23,25,27,31)(H2,24,26,28,32).